The molecular weight excluding hydrogens is 248 g/mol. The van der Waals surface area contributed by atoms with Crippen molar-refractivity contribution in [3.05, 3.63) is 41.2 Å². The van der Waals surface area contributed by atoms with Gasteiger partial charge in [0.05, 0.1) is 19.3 Å². The number of nitrogens with zero attached hydrogens (tertiary/aromatic N) is 3. The van der Waals surface area contributed by atoms with Crippen molar-refractivity contribution in [1.29, 1.82) is 0 Å². The van der Waals surface area contributed by atoms with Crippen molar-refractivity contribution in [3.8, 4) is 5.75 Å². The minimum Gasteiger partial charge on any atom is -0.496 e. The number of aromatic carboxylic acids is 1. The number of para-hydroxylation sites is 1. The molecular formula is C12H14N4O3. The Balaban J connectivity index is 2.36. The van der Waals surface area contributed by atoms with Crippen molar-refractivity contribution in [2.24, 2.45) is 5.73 Å². The van der Waals surface area contributed by atoms with Crippen LogP contribution in [0.5, 0.6) is 5.75 Å². The maximum Gasteiger partial charge on any atom is 0.358 e. The molecule has 0 aliphatic heterocycles. The van der Waals surface area contributed by atoms with E-state index in [4.69, 9.17) is 15.6 Å². The predicted molar refractivity (Wildman–Crippen MR) is 67.0 cm³/mol. The molecule has 0 saturated carbocycles. The number of hydrogen-bond donors (Lipinski definition) is 2. The molecule has 0 spiro atoms. The second-order valence-electron chi connectivity index (χ2n) is 3.86. The zero-order valence-corrected chi connectivity index (χ0v) is 10.4. The molecule has 1 aromatic heterocycles. The maximum absolute atomic E-state index is 11.0. The molecule has 0 unspecified atom stereocenters. The van der Waals surface area contributed by atoms with Crippen LogP contribution in [0.2, 0.25) is 0 Å². The van der Waals surface area contributed by atoms with E-state index in [9.17, 15) is 4.79 Å². The average molecular weight is 262 g/mol. The Morgan fingerprint density at radius 3 is 2.84 bits per heavy atom. The van der Waals surface area contributed by atoms with Crippen molar-refractivity contribution in [1.82, 2.24) is 15.0 Å². The molecule has 0 aliphatic rings. The summed E-state index contributed by atoms with van der Waals surface area (Å²) in [5.41, 5.74) is 6.71. The Morgan fingerprint density at radius 2 is 2.21 bits per heavy atom. The van der Waals surface area contributed by atoms with Crippen LogP contribution < -0.4 is 10.5 Å². The van der Waals surface area contributed by atoms with Gasteiger partial charge in [0.2, 0.25) is 0 Å². The Hall–Kier alpha value is -2.41. The summed E-state index contributed by atoms with van der Waals surface area (Å²) in [5.74, 6) is -0.426. The number of nitrogens with two attached hydrogens (primary N) is 1. The van der Waals surface area contributed by atoms with E-state index >= 15 is 0 Å². The molecule has 1 heterocycles. The van der Waals surface area contributed by atoms with Crippen LogP contribution in [0.25, 0.3) is 0 Å². The van der Waals surface area contributed by atoms with Crippen LogP contribution in [0, 0.1) is 0 Å². The summed E-state index contributed by atoms with van der Waals surface area (Å²) < 4.78 is 6.71. The normalized spacial score (nSPS) is 10.4. The third-order valence-corrected chi connectivity index (χ3v) is 2.75. The molecule has 0 saturated heterocycles. The highest BCUT2D eigenvalue weighted by atomic mass is 16.5. The van der Waals surface area contributed by atoms with Crippen molar-refractivity contribution < 1.29 is 14.6 Å². The number of carboxylic acids is 1. The predicted octanol–water partition coefficient (Wildman–Crippen LogP) is 0.492. The van der Waals surface area contributed by atoms with Crippen molar-refractivity contribution in [2.75, 3.05) is 7.11 Å². The first-order valence-electron chi connectivity index (χ1n) is 5.65. The second-order valence-corrected chi connectivity index (χ2v) is 3.86. The number of rotatable bonds is 5. The van der Waals surface area contributed by atoms with Gasteiger partial charge in [-0.1, -0.05) is 23.4 Å². The fraction of sp³-hybridized carbons (Fsp3) is 0.250. The van der Waals surface area contributed by atoms with E-state index in [-0.39, 0.29) is 12.2 Å². The van der Waals surface area contributed by atoms with Gasteiger partial charge in [-0.2, -0.15) is 0 Å². The number of aromatic nitrogens is 3. The minimum atomic E-state index is -1.13. The third-order valence-electron chi connectivity index (χ3n) is 2.75. The van der Waals surface area contributed by atoms with Crippen LogP contribution >= 0.6 is 0 Å². The van der Waals surface area contributed by atoms with Gasteiger partial charge in [-0.15, -0.1) is 5.10 Å². The quantitative estimate of drug-likeness (QED) is 0.812. The molecule has 0 radical (unpaired) electrons. The first-order chi connectivity index (χ1) is 9.17. The molecule has 1 aromatic carbocycles. The number of benzene rings is 1. The first kappa shape index (κ1) is 13.0. The summed E-state index contributed by atoms with van der Waals surface area (Å²) in [6, 6.07) is 7.43. The van der Waals surface area contributed by atoms with E-state index in [0.717, 1.165) is 5.56 Å². The molecule has 3 N–H and O–H groups in total. The van der Waals surface area contributed by atoms with Crippen molar-refractivity contribution in [3.63, 3.8) is 0 Å². The van der Waals surface area contributed by atoms with Crippen LogP contribution in [-0.2, 0) is 13.1 Å². The fourth-order valence-electron chi connectivity index (χ4n) is 1.82. The van der Waals surface area contributed by atoms with Gasteiger partial charge >= 0.3 is 5.97 Å². The van der Waals surface area contributed by atoms with Crippen LogP contribution in [0.1, 0.15) is 21.7 Å². The summed E-state index contributed by atoms with van der Waals surface area (Å²) in [7, 11) is 1.58. The van der Waals surface area contributed by atoms with Gasteiger partial charge in [0.15, 0.2) is 5.69 Å². The Bertz CT molecular complexity index is 594. The number of hydrogen-bond acceptors (Lipinski definition) is 5. The third kappa shape index (κ3) is 2.55. The van der Waals surface area contributed by atoms with E-state index in [2.05, 4.69) is 10.3 Å². The Labute approximate surface area is 109 Å². The van der Waals surface area contributed by atoms with Crippen LogP contribution in [0.4, 0.5) is 0 Å². The fourth-order valence-corrected chi connectivity index (χ4v) is 1.82. The van der Waals surface area contributed by atoms with Gasteiger partial charge in [0, 0.05) is 12.1 Å². The number of carboxylic acid groups (broad SMARTS) is 1. The van der Waals surface area contributed by atoms with Crippen molar-refractivity contribution in [2.45, 2.75) is 13.1 Å². The molecule has 0 aliphatic carbocycles. The highest BCUT2D eigenvalue weighted by molar-refractivity contribution is 5.86. The van der Waals surface area contributed by atoms with E-state index in [1.165, 1.54) is 4.68 Å². The highest BCUT2D eigenvalue weighted by Crippen LogP contribution is 2.19. The molecule has 100 valence electrons. The summed E-state index contributed by atoms with van der Waals surface area (Å²) in [4.78, 5) is 11.0. The molecule has 0 amide bonds. The average Bonchev–Trinajstić information content (AvgIpc) is 2.82. The zero-order chi connectivity index (χ0) is 13.8. The highest BCUT2D eigenvalue weighted by Gasteiger charge is 2.18. The zero-order valence-electron chi connectivity index (χ0n) is 10.4. The maximum atomic E-state index is 11.0. The number of carbonyl (C=O) groups is 1. The SMILES string of the molecule is COc1ccccc1Cn1nnc(C(=O)O)c1CN. The summed E-state index contributed by atoms with van der Waals surface area (Å²) in [6.07, 6.45) is 0. The molecule has 2 aromatic rings. The Kier molecular flexibility index (Phi) is 3.76. The van der Waals surface area contributed by atoms with Crippen LogP contribution in [-0.4, -0.2) is 33.2 Å². The monoisotopic (exact) mass is 262 g/mol. The van der Waals surface area contributed by atoms with E-state index in [1.54, 1.807) is 7.11 Å². The van der Waals surface area contributed by atoms with Crippen LogP contribution in [0.3, 0.4) is 0 Å². The molecule has 0 bridgehead atoms. The molecule has 7 heteroatoms. The lowest BCUT2D eigenvalue weighted by Crippen LogP contribution is -2.13. The Morgan fingerprint density at radius 1 is 1.47 bits per heavy atom. The largest absolute Gasteiger partial charge is 0.496 e. The van der Waals surface area contributed by atoms with Crippen LogP contribution in [0.15, 0.2) is 24.3 Å². The molecule has 7 nitrogen and oxygen atoms in total. The number of methoxy groups -OCH3 is 1. The smallest absolute Gasteiger partial charge is 0.358 e. The lowest BCUT2D eigenvalue weighted by atomic mass is 10.2. The van der Waals surface area contributed by atoms with Gasteiger partial charge in [0.1, 0.15) is 5.75 Å². The number of ether oxygens (including phenoxy) is 1. The van der Waals surface area contributed by atoms with Gasteiger partial charge in [-0.25, -0.2) is 9.48 Å². The lowest BCUT2D eigenvalue weighted by molar-refractivity contribution is 0.0689. The summed E-state index contributed by atoms with van der Waals surface area (Å²) >= 11 is 0. The molecule has 0 atom stereocenters. The summed E-state index contributed by atoms with van der Waals surface area (Å²) in [6.45, 7) is 0.417. The lowest BCUT2D eigenvalue weighted by Gasteiger charge is -2.09. The molecule has 19 heavy (non-hydrogen) atoms. The van der Waals surface area contributed by atoms with Crippen molar-refractivity contribution >= 4 is 5.97 Å². The van der Waals surface area contributed by atoms with Gasteiger partial charge in [-0.3, -0.25) is 0 Å². The molecule has 0 fully saturated rings. The topological polar surface area (TPSA) is 103 Å². The minimum absolute atomic E-state index is 0.0593. The standard InChI is InChI=1S/C12H14N4O3/c1-19-10-5-3-2-4-8(10)7-16-9(6-13)11(12(17)18)14-15-16/h2-5H,6-7,13H2,1H3,(H,17,18). The van der Waals surface area contributed by atoms with E-state index < -0.39 is 5.97 Å². The van der Waals surface area contributed by atoms with Gasteiger partial charge in [0.25, 0.3) is 0 Å². The van der Waals surface area contributed by atoms with E-state index in [0.29, 0.717) is 18.0 Å². The van der Waals surface area contributed by atoms with Gasteiger partial charge in [-0.05, 0) is 6.07 Å². The second kappa shape index (κ2) is 5.49. The molecule has 2 rings (SSSR count). The van der Waals surface area contributed by atoms with Gasteiger partial charge < -0.3 is 15.6 Å². The van der Waals surface area contributed by atoms with E-state index in [1.807, 2.05) is 24.3 Å². The first-order valence-corrected chi connectivity index (χ1v) is 5.65. The summed E-state index contributed by atoms with van der Waals surface area (Å²) in [5, 5.41) is 16.4.